The number of carbonyl (C=O) groups is 2. The Kier molecular flexibility index (Phi) is 3.26. The van der Waals surface area contributed by atoms with Crippen LogP contribution in [0, 0.1) is 22.2 Å². The molecule has 0 spiro atoms. The topological polar surface area (TPSA) is 46.2 Å². The molecule has 5 rings (SSSR count). The number of hydrogen-bond donors (Lipinski definition) is 1. The highest BCUT2D eigenvalue weighted by Crippen LogP contribution is 2.69. The molecule has 0 radical (unpaired) electrons. The first kappa shape index (κ1) is 15.9. The highest BCUT2D eigenvalue weighted by Gasteiger charge is 2.62. The lowest BCUT2D eigenvalue weighted by Crippen LogP contribution is -2.58. The van der Waals surface area contributed by atoms with Gasteiger partial charge in [-0.1, -0.05) is 13.8 Å². The summed E-state index contributed by atoms with van der Waals surface area (Å²) in [5.41, 5.74) is 1.97. The van der Waals surface area contributed by atoms with Crippen molar-refractivity contribution in [3.05, 3.63) is 29.8 Å². The van der Waals surface area contributed by atoms with Gasteiger partial charge >= 0.3 is 0 Å². The summed E-state index contributed by atoms with van der Waals surface area (Å²) in [5, 5.41) is 3.15. The van der Waals surface area contributed by atoms with Crippen LogP contribution in [0.4, 0.5) is 5.69 Å². The highest BCUT2D eigenvalue weighted by atomic mass is 16.2. The minimum atomic E-state index is -0.192. The molecule has 4 bridgehead atoms. The minimum absolute atomic E-state index is 0.0508. The molecule has 128 valence electrons. The van der Waals surface area contributed by atoms with Crippen molar-refractivity contribution in [2.45, 2.75) is 59.3 Å². The molecule has 4 saturated carbocycles. The zero-order valence-electron chi connectivity index (χ0n) is 14.9. The second-order valence-electron chi connectivity index (χ2n) is 9.50. The number of hydrogen-bond acceptors (Lipinski definition) is 2. The number of amides is 1. The third-order valence-electron chi connectivity index (χ3n) is 6.66. The fourth-order valence-corrected chi connectivity index (χ4v) is 6.75. The van der Waals surface area contributed by atoms with Crippen molar-refractivity contribution < 1.29 is 9.59 Å². The Morgan fingerprint density at radius 2 is 1.54 bits per heavy atom. The monoisotopic (exact) mass is 325 g/mol. The van der Waals surface area contributed by atoms with Gasteiger partial charge in [0, 0.05) is 11.3 Å². The highest BCUT2D eigenvalue weighted by molar-refractivity contribution is 5.97. The molecule has 4 fully saturated rings. The van der Waals surface area contributed by atoms with Crippen LogP contribution < -0.4 is 5.32 Å². The zero-order valence-corrected chi connectivity index (χ0v) is 14.9. The predicted molar refractivity (Wildman–Crippen MR) is 94.9 cm³/mol. The summed E-state index contributed by atoms with van der Waals surface area (Å²) >= 11 is 0. The van der Waals surface area contributed by atoms with Crippen LogP contribution in [0.5, 0.6) is 0 Å². The van der Waals surface area contributed by atoms with Crippen molar-refractivity contribution >= 4 is 17.4 Å². The Morgan fingerprint density at radius 1 is 0.958 bits per heavy atom. The van der Waals surface area contributed by atoms with Crippen molar-refractivity contribution in [3.63, 3.8) is 0 Å². The molecule has 2 unspecified atom stereocenters. The predicted octanol–water partition coefficient (Wildman–Crippen LogP) is 4.82. The number of ketones is 1. The molecule has 1 aromatic carbocycles. The Morgan fingerprint density at radius 3 is 2.04 bits per heavy atom. The van der Waals surface area contributed by atoms with Gasteiger partial charge in [0.15, 0.2) is 5.78 Å². The molecule has 3 heteroatoms. The van der Waals surface area contributed by atoms with Crippen LogP contribution in [0.15, 0.2) is 24.3 Å². The Bertz CT molecular complexity index is 687. The second kappa shape index (κ2) is 4.93. The van der Waals surface area contributed by atoms with Gasteiger partial charge in [-0.05, 0) is 86.5 Å². The Labute approximate surface area is 144 Å². The van der Waals surface area contributed by atoms with Crippen molar-refractivity contribution in [2.24, 2.45) is 22.2 Å². The van der Waals surface area contributed by atoms with Crippen LogP contribution in [-0.4, -0.2) is 11.7 Å². The standard InChI is InChI=1S/C21H27NO2/c1-14(23)16-4-6-17(7-5-16)22-18(24)21-10-15-8-19(2,12-21)11-20(3,9-15)13-21/h4-7,15H,8-13H2,1-3H3,(H,22,24). The minimum Gasteiger partial charge on any atom is -0.326 e. The van der Waals surface area contributed by atoms with E-state index in [-0.39, 0.29) is 17.1 Å². The smallest absolute Gasteiger partial charge is 0.230 e. The molecule has 4 aliphatic rings. The van der Waals surface area contributed by atoms with Gasteiger partial charge in [0.1, 0.15) is 0 Å². The molecule has 3 nitrogen and oxygen atoms in total. The Balaban J connectivity index is 1.57. The molecule has 1 N–H and O–H groups in total. The summed E-state index contributed by atoms with van der Waals surface area (Å²) in [7, 11) is 0. The summed E-state index contributed by atoms with van der Waals surface area (Å²) in [6.45, 7) is 6.34. The summed E-state index contributed by atoms with van der Waals surface area (Å²) < 4.78 is 0. The largest absolute Gasteiger partial charge is 0.326 e. The number of nitrogens with one attached hydrogen (secondary N) is 1. The van der Waals surface area contributed by atoms with E-state index in [1.165, 1.54) is 19.3 Å². The quantitative estimate of drug-likeness (QED) is 0.810. The van der Waals surface area contributed by atoms with Gasteiger partial charge in [-0.25, -0.2) is 0 Å². The average Bonchev–Trinajstić information content (AvgIpc) is 2.43. The van der Waals surface area contributed by atoms with E-state index in [0.29, 0.717) is 22.3 Å². The van der Waals surface area contributed by atoms with Gasteiger partial charge in [0.2, 0.25) is 5.91 Å². The molecule has 0 aliphatic heterocycles. The van der Waals surface area contributed by atoms with E-state index in [1.807, 2.05) is 12.1 Å². The second-order valence-corrected chi connectivity index (χ2v) is 9.50. The maximum atomic E-state index is 13.2. The van der Waals surface area contributed by atoms with Crippen molar-refractivity contribution in [1.82, 2.24) is 0 Å². The summed E-state index contributed by atoms with van der Waals surface area (Å²) in [6.07, 6.45) is 6.98. The average molecular weight is 325 g/mol. The number of rotatable bonds is 3. The van der Waals surface area contributed by atoms with Gasteiger partial charge in [0.25, 0.3) is 0 Å². The molecule has 0 saturated heterocycles. The van der Waals surface area contributed by atoms with E-state index in [0.717, 1.165) is 24.9 Å². The maximum absolute atomic E-state index is 13.2. The van der Waals surface area contributed by atoms with E-state index >= 15 is 0 Å². The van der Waals surface area contributed by atoms with Gasteiger partial charge in [-0.15, -0.1) is 0 Å². The SMILES string of the molecule is CC(=O)c1ccc(NC(=O)C23CC4CC(C)(CC(C)(C4)C2)C3)cc1. The van der Waals surface area contributed by atoms with Gasteiger partial charge in [-0.3, -0.25) is 9.59 Å². The maximum Gasteiger partial charge on any atom is 0.230 e. The van der Waals surface area contributed by atoms with E-state index in [1.54, 1.807) is 19.1 Å². The van der Waals surface area contributed by atoms with Crippen LogP contribution in [0.25, 0.3) is 0 Å². The molecule has 2 atom stereocenters. The number of Topliss-reactive ketones (excluding diaryl/α,β-unsaturated/α-hetero) is 1. The fraction of sp³-hybridized carbons (Fsp3) is 0.619. The lowest BCUT2D eigenvalue weighted by molar-refractivity contribution is -0.165. The molecular weight excluding hydrogens is 298 g/mol. The third-order valence-corrected chi connectivity index (χ3v) is 6.66. The van der Waals surface area contributed by atoms with E-state index in [4.69, 9.17) is 0 Å². The van der Waals surface area contributed by atoms with E-state index in [2.05, 4.69) is 19.2 Å². The molecule has 4 aliphatic carbocycles. The molecule has 1 aromatic rings. The van der Waals surface area contributed by atoms with E-state index < -0.39 is 0 Å². The van der Waals surface area contributed by atoms with Gasteiger partial charge in [0.05, 0.1) is 5.41 Å². The van der Waals surface area contributed by atoms with Crippen molar-refractivity contribution in [3.8, 4) is 0 Å². The van der Waals surface area contributed by atoms with Crippen LogP contribution in [0.3, 0.4) is 0 Å². The number of benzene rings is 1. The van der Waals surface area contributed by atoms with Gasteiger partial charge in [-0.2, -0.15) is 0 Å². The normalized spacial score (nSPS) is 39.7. The molecule has 0 heterocycles. The molecule has 24 heavy (non-hydrogen) atoms. The summed E-state index contributed by atoms with van der Waals surface area (Å²) in [4.78, 5) is 24.6. The summed E-state index contributed by atoms with van der Waals surface area (Å²) in [6, 6.07) is 7.28. The van der Waals surface area contributed by atoms with Crippen LogP contribution in [0.1, 0.15) is 69.7 Å². The van der Waals surface area contributed by atoms with Crippen LogP contribution in [-0.2, 0) is 4.79 Å². The first-order chi connectivity index (χ1) is 11.2. The first-order valence-electron chi connectivity index (χ1n) is 9.14. The van der Waals surface area contributed by atoms with Crippen molar-refractivity contribution in [2.75, 3.05) is 5.32 Å². The number of carbonyl (C=O) groups excluding carboxylic acids is 2. The zero-order chi connectivity index (χ0) is 17.2. The molecule has 1 amide bonds. The first-order valence-corrected chi connectivity index (χ1v) is 9.14. The number of anilines is 1. The fourth-order valence-electron chi connectivity index (χ4n) is 6.75. The lowest BCUT2D eigenvalue weighted by atomic mass is 9.40. The van der Waals surface area contributed by atoms with Crippen LogP contribution >= 0.6 is 0 Å². The van der Waals surface area contributed by atoms with E-state index in [9.17, 15) is 9.59 Å². The molecule has 0 aromatic heterocycles. The van der Waals surface area contributed by atoms with Gasteiger partial charge < -0.3 is 5.32 Å². The Hall–Kier alpha value is -1.64. The lowest BCUT2D eigenvalue weighted by Gasteiger charge is -2.64. The molecular formula is C21H27NO2. The van der Waals surface area contributed by atoms with Crippen molar-refractivity contribution in [1.29, 1.82) is 0 Å². The third kappa shape index (κ3) is 2.49. The van der Waals surface area contributed by atoms with Crippen LogP contribution in [0.2, 0.25) is 0 Å². The summed E-state index contributed by atoms with van der Waals surface area (Å²) in [5.74, 6) is 0.955.